The Morgan fingerprint density at radius 2 is 2.05 bits per heavy atom. The van der Waals surface area contributed by atoms with Crippen LogP contribution in [-0.2, 0) is 10.0 Å². The van der Waals surface area contributed by atoms with Crippen molar-refractivity contribution in [2.75, 3.05) is 34.2 Å². The van der Waals surface area contributed by atoms with Crippen molar-refractivity contribution < 1.29 is 17.6 Å². The molecule has 1 aromatic heterocycles. The molecule has 2 atom stereocenters. The van der Waals surface area contributed by atoms with E-state index < -0.39 is 10.0 Å². The molecule has 0 unspecified atom stereocenters. The maximum absolute atomic E-state index is 12.4. The van der Waals surface area contributed by atoms with Gasteiger partial charge in [0, 0.05) is 19.1 Å². The van der Waals surface area contributed by atoms with E-state index in [1.807, 2.05) is 14.1 Å². The summed E-state index contributed by atoms with van der Waals surface area (Å²) in [5.74, 6) is 0.138. The first-order chi connectivity index (χ1) is 9.76. The highest BCUT2D eigenvalue weighted by Gasteiger charge is 2.35. The minimum atomic E-state index is -3.67. The molecule has 2 rings (SSSR count). The minimum Gasteiger partial charge on any atom is -0.438 e. The van der Waals surface area contributed by atoms with Crippen molar-refractivity contribution in [1.82, 2.24) is 14.5 Å². The first-order valence-corrected chi connectivity index (χ1v) is 8.23. The van der Waals surface area contributed by atoms with Gasteiger partial charge < -0.3 is 14.2 Å². The first-order valence-electron chi connectivity index (χ1n) is 6.75. The van der Waals surface area contributed by atoms with Crippen LogP contribution in [0.25, 0.3) is 0 Å². The normalized spacial score (nSPS) is 23.0. The highest BCUT2D eigenvalue weighted by Crippen LogP contribution is 2.23. The van der Waals surface area contributed by atoms with Gasteiger partial charge in [-0.2, -0.15) is 0 Å². The Kier molecular flexibility index (Phi) is 4.40. The maximum Gasteiger partial charge on any atom is 0.289 e. The van der Waals surface area contributed by atoms with Gasteiger partial charge in [-0.05, 0) is 39.2 Å². The topological polar surface area (TPSA) is 82.9 Å². The summed E-state index contributed by atoms with van der Waals surface area (Å²) in [5, 5.41) is -0.246. The Bertz CT molecular complexity index is 623. The average Bonchev–Trinajstić information content (AvgIpc) is 3.04. The van der Waals surface area contributed by atoms with Crippen LogP contribution in [0.5, 0.6) is 0 Å². The van der Waals surface area contributed by atoms with Crippen molar-refractivity contribution in [3.63, 3.8) is 0 Å². The molecular formula is C13H21N3O4S. The predicted octanol–water partition coefficient (Wildman–Crippen LogP) is 0.210. The standard InChI is InChI=1S/C13H21N3O4S/c1-9-7-16(8-10(9)15(3)4)13(17)11-5-6-12(20-11)21(18,19)14-2/h5-6,9-10,14H,7-8H2,1-4H3/t9-,10-/m1/s1. The van der Waals surface area contributed by atoms with E-state index in [0.717, 1.165) is 0 Å². The zero-order valence-corrected chi connectivity index (χ0v) is 13.5. The van der Waals surface area contributed by atoms with Crippen LogP contribution in [0.3, 0.4) is 0 Å². The number of carbonyl (C=O) groups is 1. The van der Waals surface area contributed by atoms with Gasteiger partial charge in [0.25, 0.3) is 15.9 Å². The molecule has 8 heteroatoms. The SMILES string of the molecule is CNS(=O)(=O)c1ccc(C(=O)N2C[C@@H](C)[C@H](N(C)C)C2)o1. The van der Waals surface area contributed by atoms with E-state index in [-0.39, 0.29) is 16.8 Å². The number of rotatable bonds is 4. The van der Waals surface area contributed by atoms with Crippen LogP contribution in [0.1, 0.15) is 17.5 Å². The van der Waals surface area contributed by atoms with E-state index in [4.69, 9.17) is 4.42 Å². The number of nitrogens with zero attached hydrogens (tertiary/aromatic N) is 2. The molecule has 1 aliphatic heterocycles. The van der Waals surface area contributed by atoms with E-state index in [9.17, 15) is 13.2 Å². The summed E-state index contributed by atoms with van der Waals surface area (Å²) >= 11 is 0. The summed E-state index contributed by atoms with van der Waals surface area (Å²) in [6.07, 6.45) is 0. The number of sulfonamides is 1. The molecule has 0 aliphatic carbocycles. The molecule has 0 saturated carbocycles. The molecule has 118 valence electrons. The van der Waals surface area contributed by atoms with Gasteiger partial charge in [0.05, 0.1) is 0 Å². The summed E-state index contributed by atoms with van der Waals surface area (Å²) in [6.45, 7) is 3.34. The number of furan rings is 1. The lowest BCUT2D eigenvalue weighted by molar-refractivity contribution is 0.0744. The second-order valence-corrected chi connectivity index (χ2v) is 7.36. The molecule has 1 aromatic rings. The van der Waals surface area contributed by atoms with Crippen LogP contribution < -0.4 is 4.72 Å². The van der Waals surface area contributed by atoms with Crippen molar-refractivity contribution in [3.05, 3.63) is 17.9 Å². The van der Waals surface area contributed by atoms with Crippen molar-refractivity contribution in [2.45, 2.75) is 18.1 Å². The molecule has 21 heavy (non-hydrogen) atoms. The minimum absolute atomic E-state index is 0.0513. The molecule has 1 saturated heterocycles. The van der Waals surface area contributed by atoms with Gasteiger partial charge in [-0.15, -0.1) is 0 Å². The number of hydrogen-bond acceptors (Lipinski definition) is 5. The molecule has 1 aliphatic rings. The molecule has 0 spiro atoms. The third-order valence-corrected chi connectivity index (χ3v) is 5.14. The van der Waals surface area contributed by atoms with Crippen LogP contribution in [0.15, 0.2) is 21.6 Å². The van der Waals surface area contributed by atoms with Crippen LogP contribution in [0.4, 0.5) is 0 Å². The summed E-state index contributed by atoms with van der Waals surface area (Å²) < 4.78 is 30.6. The van der Waals surface area contributed by atoms with E-state index in [1.165, 1.54) is 19.2 Å². The summed E-state index contributed by atoms with van der Waals surface area (Å²) in [7, 11) is 1.60. The molecule has 1 fully saturated rings. The van der Waals surface area contributed by atoms with Gasteiger partial charge in [-0.25, -0.2) is 13.1 Å². The lowest BCUT2D eigenvalue weighted by Crippen LogP contribution is -2.35. The molecule has 1 N–H and O–H groups in total. The van der Waals surface area contributed by atoms with E-state index in [2.05, 4.69) is 16.5 Å². The lowest BCUT2D eigenvalue weighted by atomic mass is 10.1. The van der Waals surface area contributed by atoms with Gasteiger partial charge in [-0.1, -0.05) is 6.92 Å². The molecule has 2 heterocycles. The molecule has 0 radical (unpaired) electrons. The molecule has 0 aromatic carbocycles. The monoisotopic (exact) mass is 315 g/mol. The fourth-order valence-corrected chi connectivity index (χ4v) is 3.27. The predicted molar refractivity (Wildman–Crippen MR) is 77.5 cm³/mol. The van der Waals surface area contributed by atoms with Gasteiger partial charge in [0.2, 0.25) is 5.09 Å². The quantitative estimate of drug-likeness (QED) is 0.859. The van der Waals surface area contributed by atoms with Crippen molar-refractivity contribution in [2.24, 2.45) is 5.92 Å². The smallest absolute Gasteiger partial charge is 0.289 e. The molecule has 0 bridgehead atoms. The van der Waals surface area contributed by atoms with Gasteiger partial charge in [0.15, 0.2) is 5.76 Å². The van der Waals surface area contributed by atoms with Crippen LogP contribution >= 0.6 is 0 Å². The number of nitrogens with one attached hydrogen (secondary N) is 1. The Balaban J connectivity index is 2.15. The third kappa shape index (κ3) is 3.12. The van der Waals surface area contributed by atoms with Crippen molar-refractivity contribution in [3.8, 4) is 0 Å². The summed E-state index contributed by atoms with van der Waals surface area (Å²) in [5.41, 5.74) is 0. The van der Waals surface area contributed by atoms with Crippen molar-refractivity contribution in [1.29, 1.82) is 0 Å². The molecular weight excluding hydrogens is 294 g/mol. The van der Waals surface area contributed by atoms with Gasteiger partial charge in [0.1, 0.15) is 0 Å². The summed E-state index contributed by atoms with van der Waals surface area (Å²) in [6, 6.07) is 2.99. The van der Waals surface area contributed by atoms with Crippen LogP contribution in [0, 0.1) is 5.92 Å². The van der Waals surface area contributed by atoms with E-state index in [0.29, 0.717) is 25.0 Å². The second-order valence-electron chi connectivity index (χ2n) is 5.54. The third-order valence-electron chi connectivity index (χ3n) is 3.85. The van der Waals surface area contributed by atoms with Crippen molar-refractivity contribution >= 4 is 15.9 Å². The first kappa shape index (κ1) is 16.0. The van der Waals surface area contributed by atoms with Gasteiger partial charge >= 0.3 is 0 Å². The number of amides is 1. The number of likely N-dealkylation sites (tertiary alicyclic amines) is 1. The van der Waals surface area contributed by atoms with Gasteiger partial charge in [-0.3, -0.25) is 4.79 Å². The maximum atomic E-state index is 12.4. The zero-order chi connectivity index (χ0) is 15.8. The van der Waals surface area contributed by atoms with Crippen LogP contribution in [0.2, 0.25) is 0 Å². The number of hydrogen-bond donors (Lipinski definition) is 1. The Morgan fingerprint density at radius 3 is 2.57 bits per heavy atom. The largest absolute Gasteiger partial charge is 0.438 e. The Hall–Kier alpha value is -1.38. The lowest BCUT2D eigenvalue weighted by Gasteiger charge is -2.22. The van der Waals surface area contributed by atoms with E-state index >= 15 is 0 Å². The molecule has 7 nitrogen and oxygen atoms in total. The number of carbonyl (C=O) groups excluding carboxylic acids is 1. The second kappa shape index (κ2) is 5.78. The average molecular weight is 315 g/mol. The summed E-state index contributed by atoms with van der Waals surface area (Å²) in [4.78, 5) is 16.2. The zero-order valence-electron chi connectivity index (χ0n) is 12.7. The highest BCUT2D eigenvalue weighted by atomic mass is 32.2. The number of likely N-dealkylation sites (N-methyl/N-ethyl adjacent to an activating group) is 1. The Morgan fingerprint density at radius 1 is 1.38 bits per heavy atom. The highest BCUT2D eigenvalue weighted by molar-refractivity contribution is 7.89. The van der Waals surface area contributed by atoms with Crippen LogP contribution in [-0.4, -0.2) is 64.4 Å². The molecule has 1 amide bonds. The Labute approximate surface area is 124 Å². The fourth-order valence-electron chi connectivity index (χ4n) is 2.62. The fraction of sp³-hybridized carbons (Fsp3) is 0.615. The van der Waals surface area contributed by atoms with E-state index in [1.54, 1.807) is 4.90 Å².